The zero-order valence-electron chi connectivity index (χ0n) is 17.9. The van der Waals surface area contributed by atoms with Crippen LogP contribution in [0.4, 0.5) is 0 Å². The number of carbonyl (C=O) groups is 1. The lowest BCUT2D eigenvalue weighted by Gasteiger charge is -2.33. The predicted octanol–water partition coefficient (Wildman–Crippen LogP) is 2.72. The van der Waals surface area contributed by atoms with Crippen molar-refractivity contribution in [2.75, 3.05) is 26.3 Å². The molecule has 33 heavy (non-hydrogen) atoms. The van der Waals surface area contributed by atoms with Crippen molar-refractivity contribution in [1.82, 2.24) is 25.0 Å². The summed E-state index contributed by atoms with van der Waals surface area (Å²) in [5.41, 5.74) is 3.69. The van der Waals surface area contributed by atoms with Crippen LogP contribution in [0.1, 0.15) is 11.1 Å². The van der Waals surface area contributed by atoms with E-state index in [1.807, 2.05) is 77.7 Å². The maximum Gasteiger partial charge on any atom is 0.254 e. The molecule has 0 N–H and O–H groups in total. The highest BCUT2D eigenvalue weighted by molar-refractivity contribution is 6.24. The highest BCUT2D eigenvalue weighted by Gasteiger charge is 2.28. The van der Waals surface area contributed by atoms with E-state index >= 15 is 0 Å². The van der Waals surface area contributed by atoms with Crippen LogP contribution < -0.4 is 4.84 Å². The van der Waals surface area contributed by atoms with Gasteiger partial charge in [0.05, 0.1) is 13.2 Å². The summed E-state index contributed by atoms with van der Waals surface area (Å²) >= 11 is 0. The number of benzene rings is 2. The third-order valence-corrected chi connectivity index (χ3v) is 5.42. The summed E-state index contributed by atoms with van der Waals surface area (Å²) in [5.74, 6) is -0.0359. The molecule has 1 aliphatic heterocycles. The smallest absolute Gasteiger partial charge is 0.254 e. The van der Waals surface area contributed by atoms with E-state index in [1.54, 1.807) is 12.3 Å². The molecule has 0 spiro atoms. The number of hydrogen-bond acceptors (Lipinski definition) is 6. The maximum absolute atomic E-state index is 13.6. The Morgan fingerprint density at radius 2 is 1.85 bits per heavy atom. The summed E-state index contributed by atoms with van der Waals surface area (Å²) in [6.07, 6.45) is 3.30. The second kappa shape index (κ2) is 9.62. The first-order chi connectivity index (χ1) is 16.3. The fourth-order valence-corrected chi connectivity index (χ4v) is 3.76. The van der Waals surface area contributed by atoms with Crippen molar-refractivity contribution in [3.63, 3.8) is 0 Å². The molecule has 8 nitrogen and oxygen atoms in total. The fourth-order valence-electron chi connectivity index (χ4n) is 3.76. The second-order valence-electron chi connectivity index (χ2n) is 7.68. The summed E-state index contributed by atoms with van der Waals surface area (Å²) in [6, 6.07) is 23.2. The van der Waals surface area contributed by atoms with Crippen LogP contribution in [0.15, 0.2) is 79.0 Å². The van der Waals surface area contributed by atoms with Gasteiger partial charge in [0.2, 0.25) is 5.65 Å². The predicted molar refractivity (Wildman–Crippen MR) is 124 cm³/mol. The Morgan fingerprint density at radius 1 is 1.06 bits per heavy atom. The van der Waals surface area contributed by atoms with Crippen molar-refractivity contribution in [3.05, 3.63) is 90.1 Å². The largest absolute Gasteiger partial charge is 0.391 e. The quantitative estimate of drug-likeness (QED) is 0.338. The van der Waals surface area contributed by atoms with Crippen molar-refractivity contribution in [1.29, 1.82) is 0 Å². The molecular formula is C25H23N5O3. The van der Waals surface area contributed by atoms with Crippen LogP contribution in [0.3, 0.4) is 0 Å². The van der Waals surface area contributed by atoms with E-state index in [9.17, 15) is 4.79 Å². The van der Waals surface area contributed by atoms with Crippen LogP contribution in [-0.2, 0) is 9.53 Å². The molecule has 5 rings (SSSR count). The Labute approximate surface area is 191 Å². The number of carbonyl (C=O) groups excluding carboxylic acids is 1. The number of fused-ring (bicyclic) bond motifs is 1. The van der Waals surface area contributed by atoms with Crippen LogP contribution >= 0.6 is 0 Å². The normalized spacial score (nSPS) is 16.7. The molecule has 0 radical (unpaired) electrons. The summed E-state index contributed by atoms with van der Waals surface area (Å²) in [5, 5.41) is 8.02. The Balaban J connectivity index is 1.32. The molecule has 1 amide bonds. The Hall–Kier alpha value is -4.04. The average Bonchev–Trinajstić information content (AvgIpc) is 3.30. The fraction of sp³-hybridized carbons (Fsp3) is 0.200. The molecule has 0 saturated carbocycles. The zero-order valence-corrected chi connectivity index (χ0v) is 17.9. The molecule has 4 aromatic rings. The standard InChI is InChI=1S/C25H23N5O3/c31-25(22(20-10-5-2-6-11-20)16-19-8-3-1-4-9-19)29-14-15-32-21(17-29)18-33-30-24-23(27-28-30)12-7-13-26-24/h1-13,16,21H,14-15,17-18H2. The molecule has 0 aliphatic carbocycles. The van der Waals surface area contributed by atoms with Crippen molar-refractivity contribution in [2.24, 2.45) is 0 Å². The SMILES string of the molecule is O=C(C(=Cc1ccccc1)c1ccccc1)N1CCOC(COn2nnc3cccnc32)C1. The van der Waals surface area contributed by atoms with Crippen LogP contribution in [0.5, 0.6) is 0 Å². The van der Waals surface area contributed by atoms with Crippen LogP contribution in [-0.4, -0.2) is 63.4 Å². The summed E-state index contributed by atoms with van der Waals surface area (Å²) in [6.45, 7) is 1.59. The maximum atomic E-state index is 13.6. The first-order valence-corrected chi connectivity index (χ1v) is 10.8. The van der Waals surface area contributed by atoms with E-state index in [0.717, 1.165) is 11.1 Å². The van der Waals surface area contributed by atoms with Gasteiger partial charge in [0.25, 0.3) is 5.91 Å². The molecule has 2 aromatic heterocycles. The van der Waals surface area contributed by atoms with E-state index in [1.165, 1.54) is 4.85 Å². The van der Waals surface area contributed by atoms with Gasteiger partial charge in [-0.05, 0) is 34.5 Å². The first kappa shape index (κ1) is 20.8. The van der Waals surface area contributed by atoms with Gasteiger partial charge in [-0.15, -0.1) is 5.10 Å². The van der Waals surface area contributed by atoms with E-state index in [4.69, 9.17) is 9.57 Å². The zero-order chi connectivity index (χ0) is 22.5. The van der Waals surface area contributed by atoms with Gasteiger partial charge in [-0.2, -0.15) is 0 Å². The third kappa shape index (κ3) is 4.75. The number of hydrogen-bond donors (Lipinski definition) is 0. The highest BCUT2D eigenvalue weighted by atomic mass is 16.7. The minimum atomic E-state index is -0.292. The summed E-state index contributed by atoms with van der Waals surface area (Å²) < 4.78 is 5.85. The van der Waals surface area contributed by atoms with Crippen molar-refractivity contribution >= 4 is 28.7 Å². The minimum absolute atomic E-state index is 0.0359. The van der Waals surface area contributed by atoms with Gasteiger partial charge >= 0.3 is 0 Å². The van der Waals surface area contributed by atoms with Gasteiger partial charge < -0.3 is 14.5 Å². The third-order valence-electron chi connectivity index (χ3n) is 5.42. The number of amides is 1. The molecule has 1 aliphatic rings. The van der Waals surface area contributed by atoms with Crippen LogP contribution in [0.25, 0.3) is 22.8 Å². The number of aromatic nitrogens is 4. The molecule has 2 aromatic carbocycles. The summed E-state index contributed by atoms with van der Waals surface area (Å²) in [4.78, 5) is 26.7. The molecule has 1 unspecified atom stereocenters. The molecule has 8 heteroatoms. The van der Waals surface area contributed by atoms with E-state index in [2.05, 4.69) is 15.3 Å². The molecular weight excluding hydrogens is 418 g/mol. The van der Waals surface area contributed by atoms with E-state index in [0.29, 0.717) is 36.4 Å². The molecule has 3 heterocycles. The number of ether oxygens (including phenoxy) is 1. The summed E-state index contributed by atoms with van der Waals surface area (Å²) in [7, 11) is 0. The molecule has 166 valence electrons. The van der Waals surface area contributed by atoms with Gasteiger partial charge in [0, 0.05) is 18.3 Å². The lowest BCUT2D eigenvalue weighted by Crippen LogP contribution is -2.48. The van der Waals surface area contributed by atoms with Gasteiger partial charge in [-0.25, -0.2) is 4.98 Å². The van der Waals surface area contributed by atoms with Gasteiger partial charge in [-0.3, -0.25) is 4.79 Å². The van der Waals surface area contributed by atoms with Crippen LogP contribution in [0, 0.1) is 0 Å². The van der Waals surface area contributed by atoms with Gasteiger partial charge in [0.1, 0.15) is 18.2 Å². The van der Waals surface area contributed by atoms with Crippen LogP contribution in [0.2, 0.25) is 0 Å². The van der Waals surface area contributed by atoms with Crippen molar-refractivity contribution < 1.29 is 14.4 Å². The lowest BCUT2D eigenvalue weighted by molar-refractivity contribution is -0.135. The topological polar surface area (TPSA) is 82.4 Å². The average molecular weight is 441 g/mol. The molecule has 1 atom stereocenters. The number of nitrogens with zero attached hydrogens (tertiary/aromatic N) is 5. The Morgan fingerprint density at radius 3 is 2.67 bits per heavy atom. The number of rotatable bonds is 6. The molecule has 1 fully saturated rings. The molecule has 0 bridgehead atoms. The minimum Gasteiger partial charge on any atom is -0.391 e. The number of morpholine rings is 1. The molecule has 1 saturated heterocycles. The van der Waals surface area contributed by atoms with Crippen molar-refractivity contribution in [2.45, 2.75) is 6.10 Å². The van der Waals surface area contributed by atoms with Gasteiger partial charge in [0.15, 0.2) is 0 Å². The monoisotopic (exact) mass is 441 g/mol. The van der Waals surface area contributed by atoms with Gasteiger partial charge in [-0.1, -0.05) is 65.5 Å². The van der Waals surface area contributed by atoms with E-state index in [-0.39, 0.29) is 18.6 Å². The highest BCUT2D eigenvalue weighted by Crippen LogP contribution is 2.22. The first-order valence-electron chi connectivity index (χ1n) is 10.8. The Bertz CT molecular complexity index is 1260. The second-order valence-corrected chi connectivity index (χ2v) is 7.68. The lowest BCUT2D eigenvalue weighted by atomic mass is 10.0. The van der Waals surface area contributed by atoms with E-state index < -0.39 is 0 Å². The number of pyridine rings is 1. The van der Waals surface area contributed by atoms with Crippen molar-refractivity contribution in [3.8, 4) is 0 Å². The Kier molecular flexibility index (Phi) is 6.08.